The van der Waals surface area contributed by atoms with Crippen molar-refractivity contribution in [2.45, 2.75) is 51.9 Å². The van der Waals surface area contributed by atoms with Crippen molar-refractivity contribution >= 4 is 5.97 Å². The Labute approximate surface area is 86.7 Å². The molecule has 84 valence electrons. The van der Waals surface area contributed by atoms with E-state index in [1.165, 1.54) is 19.3 Å². The molecule has 0 radical (unpaired) electrons. The van der Waals surface area contributed by atoms with Gasteiger partial charge in [0.05, 0.1) is 5.92 Å². The third-order valence-electron chi connectivity index (χ3n) is 2.51. The summed E-state index contributed by atoms with van der Waals surface area (Å²) in [5.41, 5.74) is 5.38. The van der Waals surface area contributed by atoms with Gasteiger partial charge in [-0.25, -0.2) is 0 Å². The standard InChI is InChI=1S/C11H23NO2/c1-10(11(13)14)8-6-4-2-3-5-7-9-12/h10H,2-9,12H2,1H3,(H,13,14). The maximum atomic E-state index is 10.5. The van der Waals surface area contributed by atoms with Crippen LogP contribution in [0.5, 0.6) is 0 Å². The molecule has 0 saturated carbocycles. The Kier molecular flexibility index (Phi) is 8.64. The van der Waals surface area contributed by atoms with Gasteiger partial charge in [-0.3, -0.25) is 4.79 Å². The minimum atomic E-state index is -0.673. The first-order chi connectivity index (χ1) is 6.68. The minimum absolute atomic E-state index is 0.181. The Balaban J connectivity index is 3.09. The van der Waals surface area contributed by atoms with E-state index in [1.54, 1.807) is 6.92 Å². The number of carboxylic acids is 1. The second kappa shape index (κ2) is 9.00. The molecule has 0 rings (SSSR count). The molecule has 0 aromatic heterocycles. The first kappa shape index (κ1) is 13.4. The first-order valence-corrected chi connectivity index (χ1v) is 5.61. The van der Waals surface area contributed by atoms with Crippen LogP contribution in [0, 0.1) is 5.92 Å². The molecule has 0 spiro atoms. The first-order valence-electron chi connectivity index (χ1n) is 5.61. The van der Waals surface area contributed by atoms with Gasteiger partial charge in [-0.15, -0.1) is 0 Å². The van der Waals surface area contributed by atoms with Gasteiger partial charge in [0.2, 0.25) is 0 Å². The molecular formula is C11H23NO2. The highest BCUT2D eigenvalue weighted by atomic mass is 16.4. The van der Waals surface area contributed by atoms with Gasteiger partial charge in [-0.05, 0) is 19.4 Å². The maximum absolute atomic E-state index is 10.5. The highest BCUT2D eigenvalue weighted by Gasteiger charge is 2.09. The van der Waals surface area contributed by atoms with Gasteiger partial charge in [0.25, 0.3) is 0 Å². The van der Waals surface area contributed by atoms with Crippen LogP contribution >= 0.6 is 0 Å². The average molecular weight is 201 g/mol. The van der Waals surface area contributed by atoms with Crippen LogP contribution in [-0.4, -0.2) is 17.6 Å². The van der Waals surface area contributed by atoms with Crippen molar-refractivity contribution in [3.8, 4) is 0 Å². The Morgan fingerprint density at radius 1 is 1.14 bits per heavy atom. The number of hydrogen-bond donors (Lipinski definition) is 2. The number of aliphatic carboxylic acids is 1. The van der Waals surface area contributed by atoms with Crippen LogP contribution in [0.1, 0.15) is 51.9 Å². The van der Waals surface area contributed by atoms with Crippen LogP contribution in [0.25, 0.3) is 0 Å². The molecular weight excluding hydrogens is 178 g/mol. The van der Waals surface area contributed by atoms with Crippen molar-refractivity contribution in [3.05, 3.63) is 0 Å². The molecule has 3 heteroatoms. The van der Waals surface area contributed by atoms with Gasteiger partial charge in [-0.2, -0.15) is 0 Å². The van der Waals surface area contributed by atoms with Crippen LogP contribution in [0.3, 0.4) is 0 Å². The van der Waals surface area contributed by atoms with E-state index in [-0.39, 0.29) is 5.92 Å². The lowest BCUT2D eigenvalue weighted by atomic mass is 10.0. The molecule has 0 bridgehead atoms. The summed E-state index contributed by atoms with van der Waals surface area (Å²) >= 11 is 0. The summed E-state index contributed by atoms with van der Waals surface area (Å²) in [5, 5.41) is 8.64. The van der Waals surface area contributed by atoms with E-state index in [0.717, 1.165) is 32.2 Å². The quantitative estimate of drug-likeness (QED) is 0.563. The zero-order valence-corrected chi connectivity index (χ0v) is 9.17. The fourth-order valence-electron chi connectivity index (χ4n) is 1.43. The zero-order chi connectivity index (χ0) is 10.8. The van der Waals surface area contributed by atoms with Gasteiger partial charge >= 0.3 is 5.97 Å². The predicted octanol–water partition coefficient (Wildman–Crippen LogP) is 2.40. The Bertz CT molecular complexity index is 148. The van der Waals surface area contributed by atoms with Crippen LogP contribution in [0.15, 0.2) is 0 Å². The predicted molar refractivity (Wildman–Crippen MR) is 58.2 cm³/mol. The molecule has 0 aromatic rings. The van der Waals surface area contributed by atoms with Crippen molar-refractivity contribution in [1.29, 1.82) is 0 Å². The van der Waals surface area contributed by atoms with Gasteiger partial charge in [0.1, 0.15) is 0 Å². The van der Waals surface area contributed by atoms with E-state index in [1.807, 2.05) is 0 Å². The van der Waals surface area contributed by atoms with Crippen LogP contribution in [0.2, 0.25) is 0 Å². The molecule has 0 amide bonds. The summed E-state index contributed by atoms with van der Waals surface area (Å²) in [5.74, 6) is -0.854. The monoisotopic (exact) mass is 201 g/mol. The molecule has 3 N–H and O–H groups in total. The number of rotatable bonds is 9. The second-order valence-electron chi connectivity index (χ2n) is 3.94. The van der Waals surface area contributed by atoms with Gasteiger partial charge in [0.15, 0.2) is 0 Å². The van der Waals surface area contributed by atoms with Crippen molar-refractivity contribution in [1.82, 2.24) is 0 Å². The summed E-state index contributed by atoms with van der Waals surface area (Å²) < 4.78 is 0. The van der Waals surface area contributed by atoms with Crippen molar-refractivity contribution < 1.29 is 9.90 Å². The van der Waals surface area contributed by atoms with E-state index in [9.17, 15) is 4.79 Å². The fourth-order valence-corrected chi connectivity index (χ4v) is 1.43. The van der Waals surface area contributed by atoms with Crippen molar-refractivity contribution in [3.63, 3.8) is 0 Å². The normalized spacial score (nSPS) is 12.7. The summed E-state index contributed by atoms with van der Waals surface area (Å²) in [6.45, 7) is 2.56. The third kappa shape index (κ3) is 8.05. The lowest BCUT2D eigenvalue weighted by Crippen LogP contribution is -2.08. The summed E-state index contributed by atoms with van der Waals surface area (Å²) in [6, 6.07) is 0. The van der Waals surface area contributed by atoms with Crippen LogP contribution in [-0.2, 0) is 4.79 Å². The van der Waals surface area contributed by atoms with Crippen LogP contribution in [0.4, 0.5) is 0 Å². The van der Waals surface area contributed by atoms with Crippen LogP contribution < -0.4 is 5.73 Å². The smallest absolute Gasteiger partial charge is 0.306 e. The van der Waals surface area contributed by atoms with E-state index in [0.29, 0.717) is 0 Å². The number of hydrogen-bond acceptors (Lipinski definition) is 2. The molecule has 1 atom stereocenters. The average Bonchev–Trinajstić information content (AvgIpc) is 2.16. The number of nitrogens with two attached hydrogens (primary N) is 1. The minimum Gasteiger partial charge on any atom is -0.481 e. The maximum Gasteiger partial charge on any atom is 0.306 e. The Morgan fingerprint density at radius 2 is 1.64 bits per heavy atom. The molecule has 0 fully saturated rings. The highest BCUT2D eigenvalue weighted by Crippen LogP contribution is 2.11. The molecule has 0 saturated heterocycles. The van der Waals surface area contributed by atoms with Gasteiger partial charge in [0, 0.05) is 0 Å². The fraction of sp³-hybridized carbons (Fsp3) is 0.909. The molecule has 14 heavy (non-hydrogen) atoms. The molecule has 3 nitrogen and oxygen atoms in total. The number of carboxylic acid groups (broad SMARTS) is 1. The summed E-state index contributed by atoms with van der Waals surface area (Å²) in [4.78, 5) is 10.5. The number of unbranched alkanes of at least 4 members (excludes halogenated alkanes) is 5. The molecule has 0 aliphatic rings. The van der Waals surface area contributed by atoms with E-state index in [4.69, 9.17) is 10.8 Å². The van der Waals surface area contributed by atoms with Gasteiger partial charge < -0.3 is 10.8 Å². The zero-order valence-electron chi connectivity index (χ0n) is 9.17. The lowest BCUT2D eigenvalue weighted by Gasteiger charge is -2.05. The molecule has 0 aliphatic carbocycles. The second-order valence-corrected chi connectivity index (χ2v) is 3.94. The van der Waals surface area contributed by atoms with E-state index < -0.39 is 5.97 Å². The molecule has 0 aliphatic heterocycles. The Hall–Kier alpha value is -0.570. The SMILES string of the molecule is CC(CCCCCCCCN)C(=O)O. The molecule has 0 heterocycles. The van der Waals surface area contributed by atoms with E-state index in [2.05, 4.69) is 0 Å². The summed E-state index contributed by atoms with van der Waals surface area (Å²) in [7, 11) is 0. The largest absolute Gasteiger partial charge is 0.481 e. The Morgan fingerprint density at radius 3 is 2.14 bits per heavy atom. The lowest BCUT2D eigenvalue weighted by molar-refractivity contribution is -0.141. The third-order valence-corrected chi connectivity index (χ3v) is 2.51. The number of carbonyl (C=O) groups is 1. The van der Waals surface area contributed by atoms with E-state index >= 15 is 0 Å². The van der Waals surface area contributed by atoms with Crippen molar-refractivity contribution in [2.24, 2.45) is 11.7 Å². The topological polar surface area (TPSA) is 63.3 Å². The van der Waals surface area contributed by atoms with Crippen molar-refractivity contribution in [2.75, 3.05) is 6.54 Å². The summed E-state index contributed by atoms with van der Waals surface area (Å²) in [6.07, 6.45) is 7.78. The highest BCUT2D eigenvalue weighted by molar-refractivity contribution is 5.69. The molecule has 1 unspecified atom stereocenters. The molecule has 0 aromatic carbocycles. The van der Waals surface area contributed by atoms with Gasteiger partial charge in [-0.1, -0.05) is 39.0 Å².